The van der Waals surface area contributed by atoms with Gasteiger partial charge in [-0.2, -0.15) is 9.78 Å². The monoisotopic (exact) mass is 381 g/mol. The van der Waals surface area contributed by atoms with Crippen molar-refractivity contribution in [1.82, 2.24) is 29.7 Å². The highest BCUT2D eigenvalue weighted by molar-refractivity contribution is 5.95. The maximum absolute atomic E-state index is 13.8. The van der Waals surface area contributed by atoms with Gasteiger partial charge in [-0.15, -0.1) is 0 Å². The molecule has 2 N–H and O–H groups in total. The van der Waals surface area contributed by atoms with E-state index < -0.39 is 17.6 Å². The summed E-state index contributed by atoms with van der Waals surface area (Å²) in [7, 11) is 0. The number of halogens is 2. The smallest absolute Gasteiger partial charge is 0.226 e. The van der Waals surface area contributed by atoms with Gasteiger partial charge in [0.25, 0.3) is 0 Å². The second kappa shape index (κ2) is 5.91. The Morgan fingerprint density at radius 3 is 2.86 bits per heavy atom. The Balaban J connectivity index is 1.72. The molecule has 0 aliphatic carbocycles. The predicted molar refractivity (Wildman–Crippen MR) is 95.0 cm³/mol. The largest absolute Gasteiger partial charge is 0.340 e. The van der Waals surface area contributed by atoms with E-state index in [1.165, 1.54) is 23.4 Å². The second-order valence-corrected chi connectivity index (χ2v) is 6.54. The molecule has 3 aromatic heterocycles. The highest BCUT2D eigenvalue weighted by Crippen LogP contribution is 2.40. The van der Waals surface area contributed by atoms with Crippen LogP contribution in [0, 0.1) is 18.6 Å². The molecule has 1 amide bonds. The van der Waals surface area contributed by atoms with Gasteiger partial charge in [-0.25, -0.2) is 23.7 Å². The van der Waals surface area contributed by atoms with Crippen LogP contribution in [0.1, 0.15) is 29.2 Å². The first-order valence-electron chi connectivity index (χ1n) is 8.51. The maximum atomic E-state index is 13.8. The molecule has 1 aromatic carbocycles. The van der Waals surface area contributed by atoms with E-state index >= 15 is 0 Å². The Kier molecular flexibility index (Phi) is 3.48. The lowest BCUT2D eigenvalue weighted by molar-refractivity contribution is -0.116. The molecule has 140 valence electrons. The first-order valence-corrected chi connectivity index (χ1v) is 8.51. The van der Waals surface area contributed by atoms with Gasteiger partial charge in [-0.1, -0.05) is 6.07 Å². The van der Waals surface area contributed by atoms with E-state index in [1.807, 2.05) is 0 Å². The molecule has 0 fully saturated rings. The van der Waals surface area contributed by atoms with E-state index in [1.54, 1.807) is 6.92 Å². The standard InChI is InChI=1S/C18H13F2N7O/c1-8-14-10(9-2-3-11(19)12(20)4-9)5-13(28)25-17(14)27(26-8)18-15-16(22-6-21-15)23-7-24-18/h2-4,6-7,10H,5H2,1H3,(H,25,28)(H,21,22,23,24)/t10-/m0/s1. The summed E-state index contributed by atoms with van der Waals surface area (Å²) in [5.74, 6) is -1.72. The van der Waals surface area contributed by atoms with Crippen molar-refractivity contribution in [3.8, 4) is 5.82 Å². The first-order chi connectivity index (χ1) is 13.5. The first kappa shape index (κ1) is 16.5. The van der Waals surface area contributed by atoms with Crippen LogP contribution in [0.5, 0.6) is 0 Å². The van der Waals surface area contributed by atoms with Crippen LogP contribution in [0.3, 0.4) is 0 Å². The van der Waals surface area contributed by atoms with Crippen molar-refractivity contribution in [3.05, 3.63) is 59.3 Å². The van der Waals surface area contributed by atoms with Crippen molar-refractivity contribution in [3.63, 3.8) is 0 Å². The van der Waals surface area contributed by atoms with Gasteiger partial charge >= 0.3 is 0 Å². The predicted octanol–water partition coefficient (Wildman–Crippen LogP) is 2.60. The molecule has 0 bridgehead atoms. The lowest BCUT2D eigenvalue weighted by Gasteiger charge is -2.24. The highest BCUT2D eigenvalue weighted by atomic mass is 19.2. The lowest BCUT2D eigenvalue weighted by Crippen LogP contribution is -2.25. The van der Waals surface area contributed by atoms with Gasteiger partial charge in [0.1, 0.15) is 17.7 Å². The fraction of sp³-hybridized carbons (Fsp3) is 0.167. The van der Waals surface area contributed by atoms with Crippen molar-refractivity contribution in [2.45, 2.75) is 19.3 Å². The minimum atomic E-state index is -0.954. The summed E-state index contributed by atoms with van der Waals surface area (Å²) in [5.41, 5.74) is 2.92. The molecule has 0 spiro atoms. The average molecular weight is 381 g/mol. The van der Waals surface area contributed by atoms with Gasteiger partial charge in [-0.3, -0.25) is 4.79 Å². The molecule has 5 rings (SSSR count). The minimum Gasteiger partial charge on any atom is -0.340 e. The number of aromatic nitrogens is 6. The third-order valence-electron chi connectivity index (χ3n) is 4.85. The zero-order chi connectivity index (χ0) is 19.4. The Labute approximate surface area is 156 Å². The molecule has 1 aliphatic heterocycles. The third-order valence-corrected chi connectivity index (χ3v) is 4.85. The molecule has 0 saturated heterocycles. The number of anilines is 1. The van der Waals surface area contributed by atoms with E-state index in [0.717, 1.165) is 17.7 Å². The zero-order valence-electron chi connectivity index (χ0n) is 14.6. The van der Waals surface area contributed by atoms with Crippen LogP contribution in [0.15, 0.2) is 30.9 Å². The number of H-pyrrole nitrogens is 1. The van der Waals surface area contributed by atoms with Crippen molar-refractivity contribution in [1.29, 1.82) is 0 Å². The summed E-state index contributed by atoms with van der Waals surface area (Å²) in [4.78, 5) is 27.8. The number of carbonyl (C=O) groups is 1. The molecule has 0 radical (unpaired) electrons. The van der Waals surface area contributed by atoms with Crippen molar-refractivity contribution in [2.24, 2.45) is 0 Å². The van der Waals surface area contributed by atoms with Gasteiger partial charge < -0.3 is 10.3 Å². The van der Waals surface area contributed by atoms with Crippen molar-refractivity contribution < 1.29 is 13.6 Å². The molecule has 0 saturated carbocycles. The quantitative estimate of drug-likeness (QED) is 0.556. The Hall–Kier alpha value is -3.69. The number of amides is 1. The number of carbonyl (C=O) groups excluding carboxylic acids is 1. The summed E-state index contributed by atoms with van der Waals surface area (Å²) < 4.78 is 28.7. The number of aryl methyl sites for hydroxylation is 1. The Morgan fingerprint density at radius 1 is 1.18 bits per heavy atom. The summed E-state index contributed by atoms with van der Waals surface area (Å²) >= 11 is 0. The minimum absolute atomic E-state index is 0.105. The van der Waals surface area contributed by atoms with Gasteiger partial charge in [0.15, 0.2) is 23.1 Å². The Morgan fingerprint density at radius 2 is 2.04 bits per heavy atom. The summed E-state index contributed by atoms with van der Waals surface area (Å²) in [5, 5.41) is 7.37. The van der Waals surface area contributed by atoms with Crippen LogP contribution >= 0.6 is 0 Å². The maximum Gasteiger partial charge on any atom is 0.226 e. The summed E-state index contributed by atoms with van der Waals surface area (Å²) in [6.45, 7) is 1.80. The fourth-order valence-electron chi connectivity index (χ4n) is 3.63. The number of benzene rings is 1. The van der Waals surface area contributed by atoms with Crippen LogP contribution in [-0.4, -0.2) is 35.6 Å². The van der Waals surface area contributed by atoms with Crippen LogP contribution in [0.2, 0.25) is 0 Å². The molecule has 28 heavy (non-hydrogen) atoms. The normalized spacial score (nSPS) is 16.2. The third kappa shape index (κ3) is 2.38. The van der Waals surface area contributed by atoms with Crippen molar-refractivity contribution >= 4 is 22.9 Å². The van der Waals surface area contributed by atoms with E-state index in [-0.39, 0.29) is 12.3 Å². The van der Waals surface area contributed by atoms with E-state index in [4.69, 9.17) is 0 Å². The summed E-state index contributed by atoms with van der Waals surface area (Å²) in [6, 6.07) is 3.67. The molecule has 8 nitrogen and oxygen atoms in total. The number of hydrogen-bond donors (Lipinski definition) is 2. The lowest BCUT2D eigenvalue weighted by atomic mass is 9.86. The number of aromatic amines is 1. The molecule has 4 aromatic rings. The SMILES string of the molecule is Cc1nn(-c2ncnc3nc[nH]c23)c2c1[C@H](c1ccc(F)c(F)c1)CC(=O)N2. The molecule has 10 heteroatoms. The van der Waals surface area contributed by atoms with Gasteiger partial charge in [0.2, 0.25) is 5.91 Å². The number of hydrogen-bond acceptors (Lipinski definition) is 5. The summed E-state index contributed by atoms with van der Waals surface area (Å²) in [6.07, 6.45) is 2.96. The molecule has 0 unspecified atom stereocenters. The molecular formula is C18H13F2N7O. The fourth-order valence-corrected chi connectivity index (χ4v) is 3.63. The number of imidazole rings is 1. The molecular weight excluding hydrogens is 368 g/mol. The number of nitrogens with one attached hydrogen (secondary N) is 2. The van der Waals surface area contributed by atoms with Crippen LogP contribution in [0.4, 0.5) is 14.6 Å². The second-order valence-electron chi connectivity index (χ2n) is 6.54. The van der Waals surface area contributed by atoms with Gasteiger partial charge in [-0.05, 0) is 24.6 Å². The van der Waals surface area contributed by atoms with Gasteiger partial charge in [0.05, 0.1) is 12.0 Å². The van der Waals surface area contributed by atoms with E-state index in [2.05, 4.69) is 30.4 Å². The topological polar surface area (TPSA) is 101 Å². The molecule has 4 heterocycles. The highest BCUT2D eigenvalue weighted by Gasteiger charge is 2.33. The average Bonchev–Trinajstić information content (AvgIpc) is 3.28. The zero-order valence-corrected chi connectivity index (χ0v) is 14.6. The van der Waals surface area contributed by atoms with Crippen LogP contribution < -0.4 is 5.32 Å². The number of fused-ring (bicyclic) bond motifs is 2. The Bertz CT molecular complexity index is 1250. The van der Waals surface area contributed by atoms with Crippen LogP contribution in [-0.2, 0) is 4.79 Å². The van der Waals surface area contributed by atoms with E-state index in [0.29, 0.717) is 34.1 Å². The molecule has 1 atom stereocenters. The van der Waals surface area contributed by atoms with Gasteiger partial charge in [0, 0.05) is 17.9 Å². The van der Waals surface area contributed by atoms with E-state index in [9.17, 15) is 13.6 Å². The number of nitrogens with zero attached hydrogens (tertiary/aromatic N) is 5. The molecule has 1 aliphatic rings. The number of rotatable bonds is 2. The van der Waals surface area contributed by atoms with Crippen molar-refractivity contribution in [2.75, 3.05) is 5.32 Å². The van der Waals surface area contributed by atoms with Crippen LogP contribution in [0.25, 0.3) is 17.0 Å².